The molecule has 0 radical (unpaired) electrons. The van der Waals surface area contributed by atoms with Gasteiger partial charge in [0, 0.05) is 36.6 Å². The zero-order chi connectivity index (χ0) is 22.0. The highest BCUT2D eigenvalue weighted by atomic mass is 32.1. The van der Waals surface area contributed by atoms with Gasteiger partial charge in [-0.1, -0.05) is 0 Å². The van der Waals surface area contributed by atoms with Gasteiger partial charge in [-0.15, -0.1) is 11.3 Å². The highest BCUT2D eigenvalue weighted by Crippen LogP contribution is 2.28. The van der Waals surface area contributed by atoms with E-state index in [1.165, 1.54) is 35.6 Å². The molecule has 6 nitrogen and oxygen atoms in total. The summed E-state index contributed by atoms with van der Waals surface area (Å²) in [6.07, 6.45) is 3.39. The third-order valence-corrected chi connectivity index (χ3v) is 6.44. The van der Waals surface area contributed by atoms with Gasteiger partial charge in [0.15, 0.2) is 0 Å². The number of hydrogen-bond acceptors (Lipinski definition) is 5. The third kappa shape index (κ3) is 4.80. The minimum Gasteiger partial charge on any atom is -0.337 e. The van der Waals surface area contributed by atoms with Gasteiger partial charge in [0.25, 0.3) is 11.8 Å². The minimum atomic E-state index is -0.357. The second-order valence-corrected chi connectivity index (χ2v) is 8.87. The molecule has 1 aromatic carbocycles. The van der Waals surface area contributed by atoms with Crippen LogP contribution in [0.5, 0.6) is 0 Å². The average Bonchev–Trinajstić information content (AvgIpc) is 3.13. The van der Waals surface area contributed by atoms with E-state index in [0.717, 1.165) is 35.8 Å². The van der Waals surface area contributed by atoms with Crippen LogP contribution in [0.25, 0.3) is 0 Å². The van der Waals surface area contributed by atoms with Crippen molar-refractivity contribution >= 4 is 28.8 Å². The fourth-order valence-electron chi connectivity index (χ4n) is 3.79. The summed E-state index contributed by atoms with van der Waals surface area (Å²) in [5, 5.41) is 3.62. The van der Waals surface area contributed by atoms with Crippen LogP contribution in [-0.4, -0.2) is 39.8 Å². The number of aryl methyl sites for hydroxylation is 2. The summed E-state index contributed by atoms with van der Waals surface area (Å²) < 4.78 is 13.0. The Morgan fingerprint density at radius 2 is 1.94 bits per heavy atom. The van der Waals surface area contributed by atoms with Crippen molar-refractivity contribution in [2.75, 3.05) is 18.4 Å². The number of carbonyl (C=O) groups is 2. The van der Waals surface area contributed by atoms with E-state index >= 15 is 0 Å². The number of aromatic nitrogens is 2. The number of likely N-dealkylation sites (tertiary alicyclic amines) is 1. The van der Waals surface area contributed by atoms with Crippen LogP contribution in [0.2, 0.25) is 0 Å². The van der Waals surface area contributed by atoms with Crippen LogP contribution in [-0.2, 0) is 0 Å². The molecule has 160 valence electrons. The number of pyridine rings is 1. The summed E-state index contributed by atoms with van der Waals surface area (Å²) in [6, 6.07) is 9.19. The summed E-state index contributed by atoms with van der Waals surface area (Å²) in [4.78, 5) is 36.8. The highest BCUT2D eigenvalue weighted by Gasteiger charge is 2.28. The maximum absolute atomic E-state index is 13.0. The van der Waals surface area contributed by atoms with Crippen molar-refractivity contribution in [3.8, 4) is 0 Å². The topological polar surface area (TPSA) is 75.2 Å². The fraction of sp³-hybridized carbons (Fsp3) is 0.304. The smallest absolute Gasteiger partial charge is 0.265 e. The number of anilines is 1. The largest absolute Gasteiger partial charge is 0.337 e. The molecule has 0 bridgehead atoms. The number of amides is 2. The van der Waals surface area contributed by atoms with Crippen molar-refractivity contribution in [3.63, 3.8) is 0 Å². The first-order valence-corrected chi connectivity index (χ1v) is 11.0. The van der Waals surface area contributed by atoms with Crippen molar-refractivity contribution in [1.29, 1.82) is 0 Å². The summed E-state index contributed by atoms with van der Waals surface area (Å²) in [7, 11) is 0. The number of nitrogens with zero attached hydrogens (tertiary/aromatic N) is 3. The maximum Gasteiger partial charge on any atom is 0.265 e. The molecular weight excluding hydrogens is 415 g/mol. The standard InChI is InChI=1S/C23H23FN4O2S/c1-14-21(31-15(2)26-14)23(30)28-11-3-4-17(13-28)20-10-5-16(12-25-20)22(29)27-19-8-6-18(24)7-9-19/h5-10,12,17H,3-4,11,13H2,1-2H3,(H,27,29)/t17-/m1/s1. The Kier molecular flexibility index (Phi) is 6.08. The summed E-state index contributed by atoms with van der Waals surface area (Å²) in [6.45, 7) is 5.10. The predicted molar refractivity (Wildman–Crippen MR) is 118 cm³/mol. The molecule has 0 aliphatic carbocycles. The van der Waals surface area contributed by atoms with Crippen LogP contribution in [0, 0.1) is 19.7 Å². The van der Waals surface area contributed by atoms with Crippen LogP contribution in [0.15, 0.2) is 42.6 Å². The van der Waals surface area contributed by atoms with Gasteiger partial charge in [-0.2, -0.15) is 0 Å². The van der Waals surface area contributed by atoms with Crippen LogP contribution in [0.4, 0.5) is 10.1 Å². The van der Waals surface area contributed by atoms with Crippen LogP contribution >= 0.6 is 11.3 Å². The molecule has 2 aromatic heterocycles. The van der Waals surface area contributed by atoms with E-state index in [4.69, 9.17) is 0 Å². The molecule has 0 unspecified atom stereocenters. The van der Waals surface area contributed by atoms with E-state index < -0.39 is 0 Å². The molecule has 1 N–H and O–H groups in total. The molecule has 3 heterocycles. The van der Waals surface area contributed by atoms with Crippen molar-refractivity contribution in [2.24, 2.45) is 0 Å². The van der Waals surface area contributed by atoms with Gasteiger partial charge in [-0.3, -0.25) is 14.6 Å². The molecule has 1 atom stereocenters. The van der Waals surface area contributed by atoms with Gasteiger partial charge in [0.1, 0.15) is 10.7 Å². The number of thiazole rings is 1. The van der Waals surface area contributed by atoms with E-state index in [9.17, 15) is 14.0 Å². The van der Waals surface area contributed by atoms with Gasteiger partial charge in [0.2, 0.25) is 0 Å². The number of rotatable bonds is 4. The van der Waals surface area contributed by atoms with Gasteiger partial charge < -0.3 is 10.2 Å². The first-order valence-electron chi connectivity index (χ1n) is 10.2. The fourth-order valence-corrected chi connectivity index (χ4v) is 4.68. The molecule has 0 saturated carbocycles. The van der Waals surface area contributed by atoms with Gasteiger partial charge in [-0.05, 0) is 63.1 Å². The lowest BCUT2D eigenvalue weighted by molar-refractivity contribution is 0.0710. The van der Waals surface area contributed by atoms with Crippen molar-refractivity contribution in [1.82, 2.24) is 14.9 Å². The summed E-state index contributed by atoms with van der Waals surface area (Å²) in [5.41, 5.74) is 2.59. The SMILES string of the molecule is Cc1nc(C)c(C(=O)N2CCC[C@@H](c3ccc(C(=O)Nc4ccc(F)cc4)cn3)C2)s1. The number of piperidine rings is 1. The van der Waals surface area contributed by atoms with Crippen LogP contribution < -0.4 is 5.32 Å². The minimum absolute atomic E-state index is 0.0306. The first kappa shape index (κ1) is 21.1. The van der Waals surface area contributed by atoms with E-state index in [0.29, 0.717) is 22.7 Å². The van der Waals surface area contributed by atoms with Gasteiger partial charge in [0.05, 0.1) is 16.3 Å². The number of halogens is 1. The number of benzene rings is 1. The zero-order valence-electron chi connectivity index (χ0n) is 17.4. The quantitative estimate of drug-likeness (QED) is 0.648. The lowest BCUT2D eigenvalue weighted by Gasteiger charge is -2.32. The monoisotopic (exact) mass is 438 g/mol. The molecular formula is C23H23FN4O2S. The van der Waals surface area contributed by atoms with Crippen LogP contribution in [0.3, 0.4) is 0 Å². The Hall–Kier alpha value is -3.13. The molecule has 8 heteroatoms. The third-order valence-electron chi connectivity index (χ3n) is 5.38. The van der Waals surface area contributed by atoms with Crippen molar-refractivity contribution < 1.29 is 14.0 Å². The van der Waals surface area contributed by atoms with E-state index in [1.54, 1.807) is 12.3 Å². The molecule has 2 amide bonds. The molecule has 1 aliphatic rings. The molecule has 1 fully saturated rings. The molecule has 4 rings (SSSR count). The highest BCUT2D eigenvalue weighted by molar-refractivity contribution is 7.13. The molecule has 1 saturated heterocycles. The zero-order valence-corrected chi connectivity index (χ0v) is 18.2. The van der Waals surface area contributed by atoms with Gasteiger partial charge >= 0.3 is 0 Å². The lowest BCUT2D eigenvalue weighted by Crippen LogP contribution is -2.39. The van der Waals surface area contributed by atoms with Crippen molar-refractivity contribution in [2.45, 2.75) is 32.6 Å². The Balaban J connectivity index is 1.42. The molecule has 0 spiro atoms. The first-order chi connectivity index (χ1) is 14.9. The van der Waals surface area contributed by atoms with E-state index in [1.807, 2.05) is 24.8 Å². The Morgan fingerprint density at radius 1 is 1.16 bits per heavy atom. The maximum atomic E-state index is 13.0. The normalized spacial score (nSPS) is 16.2. The second kappa shape index (κ2) is 8.93. The average molecular weight is 439 g/mol. The second-order valence-electron chi connectivity index (χ2n) is 7.67. The molecule has 1 aliphatic heterocycles. The van der Waals surface area contributed by atoms with E-state index in [2.05, 4.69) is 15.3 Å². The number of carbonyl (C=O) groups excluding carboxylic acids is 2. The Labute approximate surface area is 184 Å². The number of nitrogens with one attached hydrogen (secondary N) is 1. The predicted octanol–water partition coefficient (Wildman–Crippen LogP) is 4.57. The van der Waals surface area contributed by atoms with E-state index in [-0.39, 0.29) is 23.5 Å². The molecule has 31 heavy (non-hydrogen) atoms. The Bertz CT molecular complexity index is 1100. The number of hydrogen-bond donors (Lipinski definition) is 1. The molecule has 3 aromatic rings. The Morgan fingerprint density at radius 3 is 2.58 bits per heavy atom. The van der Waals surface area contributed by atoms with Crippen LogP contribution in [0.1, 0.15) is 55.2 Å². The lowest BCUT2D eigenvalue weighted by atomic mass is 9.94. The van der Waals surface area contributed by atoms with Gasteiger partial charge in [-0.25, -0.2) is 9.37 Å². The summed E-state index contributed by atoms with van der Waals surface area (Å²) >= 11 is 1.44. The van der Waals surface area contributed by atoms with Crippen molar-refractivity contribution in [3.05, 3.63) is 75.2 Å². The summed E-state index contributed by atoms with van der Waals surface area (Å²) in [5.74, 6) is -0.504.